The van der Waals surface area contributed by atoms with Crippen LogP contribution >= 0.6 is 11.3 Å². The minimum atomic E-state index is -0.199. The Morgan fingerprint density at radius 1 is 1.21 bits per heavy atom. The normalized spacial score (nSPS) is 20.8. The molecule has 1 aliphatic heterocycles. The zero-order valence-corrected chi connectivity index (χ0v) is 18.2. The van der Waals surface area contributed by atoms with Crippen LogP contribution in [0.25, 0.3) is 0 Å². The summed E-state index contributed by atoms with van der Waals surface area (Å²) in [5.41, 5.74) is 1.25. The third-order valence-corrected chi connectivity index (χ3v) is 5.84. The quantitative estimate of drug-likeness (QED) is 0.728. The lowest BCUT2D eigenvalue weighted by Crippen LogP contribution is -2.47. The highest BCUT2D eigenvalue weighted by Gasteiger charge is 2.23. The Bertz CT molecular complexity index is 813. The first kappa shape index (κ1) is 21.5. The molecule has 1 fully saturated rings. The third-order valence-electron chi connectivity index (χ3n) is 5.03. The number of thiazole rings is 1. The van der Waals surface area contributed by atoms with Crippen molar-refractivity contribution in [3.63, 3.8) is 0 Å². The van der Waals surface area contributed by atoms with Crippen molar-refractivity contribution >= 4 is 28.3 Å². The number of hydrogen-bond acceptors (Lipinski definition) is 5. The van der Waals surface area contributed by atoms with Crippen LogP contribution in [-0.4, -0.2) is 47.4 Å². The van der Waals surface area contributed by atoms with E-state index in [1.807, 2.05) is 30.5 Å². The summed E-state index contributed by atoms with van der Waals surface area (Å²) in [6.07, 6.45) is 1.50. The van der Waals surface area contributed by atoms with Crippen LogP contribution in [0.15, 0.2) is 35.7 Å². The molecule has 2 aromatic rings. The van der Waals surface area contributed by atoms with Crippen molar-refractivity contribution in [3.05, 3.63) is 47.0 Å². The smallest absolute Gasteiger partial charge is 0.257 e. The first-order chi connectivity index (χ1) is 13.9. The summed E-state index contributed by atoms with van der Waals surface area (Å²) < 4.78 is 0. The molecule has 3 rings (SSSR count). The average Bonchev–Trinajstić information content (AvgIpc) is 3.07. The predicted molar refractivity (Wildman–Crippen MR) is 117 cm³/mol. The van der Waals surface area contributed by atoms with Crippen molar-refractivity contribution in [1.82, 2.24) is 15.2 Å². The second kappa shape index (κ2) is 9.98. The molecule has 156 valence electrons. The average molecular weight is 415 g/mol. The highest BCUT2D eigenvalue weighted by molar-refractivity contribution is 7.14. The SMILES string of the molecule is CC1CC(C)CN(CC(C)NC(=O)Cc2csc(NC(=O)c3ccccc3)n2)C1. The second-order valence-corrected chi connectivity index (χ2v) is 9.13. The van der Waals surface area contributed by atoms with Crippen molar-refractivity contribution in [2.45, 2.75) is 39.7 Å². The molecule has 2 heterocycles. The van der Waals surface area contributed by atoms with Gasteiger partial charge in [0.25, 0.3) is 5.91 Å². The summed E-state index contributed by atoms with van der Waals surface area (Å²) in [5.74, 6) is 1.18. The molecule has 1 aromatic carbocycles. The van der Waals surface area contributed by atoms with Gasteiger partial charge in [-0.1, -0.05) is 32.0 Å². The molecule has 29 heavy (non-hydrogen) atoms. The van der Waals surface area contributed by atoms with Crippen LogP contribution in [0.1, 0.15) is 43.2 Å². The number of amides is 2. The van der Waals surface area contributed by atoms with Gasteiger partial charge in [-0.25, -0.2) is 4.98 Å². The van der Waals surface area contributed by atoms with E-state index in [-0.39, 0.29) is 24.3 Å². The Labute approximate surface area is 176 Å². The molecule has 6 nitrogen and oxygen atoms in total. The monoisotopic (exact) mass is 414 g/mol. The molecular weight excluding hydrogens is 384 g/mol. The number of hydrogen-bond donors (Lipinski definition) is 2. The molecule has 0 aliphatic carbocycles. The molecule has 0 spiro atoms. The Kier molecular flexibility index (Phi) is 7.39. The minimum Gasteiger partial charge on any atom is -0.352 e. The number of piperidine rings is 1. The zero-order chi connectivity index (χ0) is 20.8. The number of likely N-dealkylation sites (tertiary alicyclic amines) is 1. The minimum absolute atomic E-state index is 0.0400. The second-order valence-electron chi connectivity index (χ2n) is 8.27. The van der Waals surface area contributed by atoms with E-state index in [2.05, 4.69) is 34.4 Å². The summed E-state index contributed by atoms with van der Waals surface area (Å²) in [4.78, 5) is 31.4. The van der Waals surface area contributed by atoms with E-state index in [9.17, 15) is 9.59 Å². The molecule has 1 aromatic heterocycles. The van der Waals surface area contributed by atoms with Crippen LogP contribution < -0.4 is 10.6 Å². The molecule has 7 heteroatoms. The Hall–Kier alpha value is -2.25. The maximum absolute atomic E-state index is 12.4. The van der Waals surface area contributed by atoms with Gasteiger partial charge in [-0.3, -0.25) is 14.9 Å². The lowest BCUT2D eigenvalue weighted by Gasteiger charge is -2.36. The number of benzene rings is 1. The maximum Gasteiger partial charge on any atom is 0.257 e. The molecule has 0 radical (unpaired) electrons. The molecule has 2 amide bonds. The summed E-state index contributed by atoms with van der Waals surface area (Å²) >= 11 is 1.33. The largest absolute Gasteiger partial charge is 0.352 e. The fraction of sp³-hybridized carbons (Fsp3) is 0.500. The Morgan fingerprint density at radius 2 is 1.90 bits per heavy atom. The van der Waals surface area contributed by atoms with Gasteiger partial charge in [0.1, 0.15) is 0 Å². The van der Waals surface area contributed by atoms with Gasteiger partial charge >= 0.3 is 0 Å². The number of carbonyl (C=O) groups is 2. The summed E-state index contributed by atoms with van der Waals surface area (Å²) in [7, 11) is 0. The number of carbonyl (C=O) groups excluding carboxylic acids is 2. The van der Waals surface area contributed by atoms with E-state index < -0.39 is 0 Å². The van der Waals surface area contributed by atoms with Crippen LogP contribution in [0, 0.1) is 11.8 Å². The highest BCUT2D eigenvalue weighted by Crippen LogP contribution is 2.21. The van der Waals surface area contributed by atoms with Gasteiger partial charge in [0.2, 0.25) is 5.91 Å². The number of nitrogens with one attached hydrogen (secondary N) is 2. The van der Waals surface area contributed by atoms with Crippen LogP contribution in [0.3, 0.4) is 0 Å². The van der Waals surface area contributed by atoms with Gasteiger partial charge in [0.05, 0.1) is 12.1 Å². The van der Waals surface area contributed by atoms with Gasteiger partial charge in [0, 0.05) is 36.6 Å². The first-order valence-corrected chi connectivity index (χ1v) is 11.1. The van der Waals surface area contributed by atoms with Crippen LogP contribution in [0.2, 0.25) is 0 Å². The van der Waals surface area contributed by atoms with E-state index in [1.165, 1.54) is 17.8 Å². The lowest BCUT2D eigenvalue weighted by molar-refractivity contribution is -0.121. The van der Waals surface area contributed by atoms with Crippen LogP contribution in [-0.2, 0) is 11.2 Å². The third kappa shape index (κ3) is 6.65. The van der Waals surface area contributed by atoms with Gasteiger partial charge in [-0.15, -0.1) is 11.3 Å². The summed E-state index contributed by atoms with van der Waals surface area (Å²) in [6.45, 7) is 9.71. The van der Waals surface area contributed by atoms with E-state index in [0.29, 0.717) is 28.2 Å². The Morgan fingerprint density at radius 3 is 2.59 bits per heavy atom. The number of nitrogens with zero attached hydrogens (tertiary/aromatic N) is 2. The molecule has 0 bridgehead atoms. The molecular formula is C22H30N4O2S. The summed E-state index contributed by atoms with van der Waals surface area (Å²) in [5, 5.41) is 8.19. The van der Waals surface area contributed by atoms with Crippen molar-refractivity contribution in [2.75, 3.05) is 25.0 Å². The standard InChI is InChI=1S/C22H30N4O2S/c1-15-9-16(2)12-26(11-15)13-17(3)23-20(27)10-19-14-29-22(24-19)25-21(28)18-7-5-4-6-8-18/h4-8,14-17H,9-13H2,1-3H3,(H,23,27)(H,24,25,28). The molecule has 3 unspecified atom stereocenters. The van der Waals surface area contributed by atoms with Crippen molar-refractivity contribution in [1.29, 1.82) is 0 Å². The maximum atomic E-state index is 12.4. The van der Waals surface area contributed by atoms with Crippen molar-refractivity contribution in [3.8, 4) is 0 Å². The molecule has 1 aliphatic rings. The van der Waals surface area contributed by atoms with E-state index >= 15 is 0 Å². The zero-order valence-electron chi connectivity index (χ0n) is 17.4. The highest BCUT2D eigenvalue weighted by atomic mass is 32.1. The van der Waals surface area contributed by atoms with Crippen LogP contribution in [0.4, 0.5) is 5.13 Å². The van der Waals surface area contributed by atoms with Crippen molar-refractivity contribution < 1.29 is 9.59 Å². The fourth-order valence-electron chi connectivity index (χ4n) is 4.07. The van der Waals surface area contributed by atoms with Crippen molar-refractivity contribution in [2.24, 2.45) is 11.8 Å². The first-order valence-electron chi connectivity index (χ1n) is 10.2. The van der Waals surface area contributed by atoms with E-state index in [0.717, 1.165) is 19.6 Å². The summed E-state index contributed by atoms with van der Waals surface area (Å²) in [6, 6.07) is 9.10. The molecule has 3 atom stereocenters. The fourth-order valence-corrected chi connectivity index (χ4v) is 4.77. The number of anilines is 1. The molecule has 0 saturated carbocycles. The van der Waals surface area contributed by atoms with E-state index in [4.69, 9.17) is 0 Å². The number of rotatable bonds is 7. The lowest BCUT2D eigenvalue weighted by atomic mass is 9.92. The van der Waals surface area contributed by atoms with Crippen LogP contribution in [0.5, 0.6) is 0 Å². The Balaban J connectivity index is 1.45. The van der Waals surface area contributed by atoms with Gasteiger partial charge in [0.15, 0.2) is 5.13 Å². The molecule has 1 saturated heterocycles. The topological polar surface area (TPSA) is 74.3 Å². The molecule has 2 N–H and O–H groups in total. The van der Waals surface area contributed by atoms with E-state index in [1.54, 1.807) is 12.1 Å². The number of aromatic nitrogens is 1. The van der Waals surface area contributed by atoms with Gasteiger partial charge in [-0.05, 0) is 37.3 Å². The predicted octanol–water partition coefficient (Wildman–Crippen LogP) is 3.42. The van der Waals surface area contributed by atoms with Gasteiger partial charge in [-0.2, -0.15) is 0 Å². The van der Waals surface area contributed by atoms with Gasteiger partial charge < -0.3 is 10.2 Å².